The van der Waals surface area contributed by atoms with Crippen LogP contribution in [0.2, 0.25) is 0 Å². The van der Waals surface area contributed by atoms with Gasteiger partial charge in [0.2, 0.25) is 5.91 Å². The predicted molar refractivity (Wildman–Crippen MR) is 65.5 cm³/mol. The van der Waals surface area contributed by atoms with Gasteiger partial charge in [0, 0.05) is 11.4 Å². The van der Waals surface area contributed by atoms with Crippen molar-refractivity contribution >= 4 is 16.7 Å². The number of carbonyl (C=O) groups excluding carboxylic acids is 1. The summed E-state index contributed by atoms with van der Waals surface area (Å²) in [5.41, 5.74) is 0. The van der Waals surface area contributed by atoms with Gasteiger partial charge in [-0.15, -0.1) is 0 Å². The topological polar surface area (TPSA) is 46.2 Å². The molecule has 0 bridgehead atoms. The smallest absolute Gasteiger partial charge is 0.233 e. The Bertz CT molecular complexity index is 403. The summed E-state index contributed by atoms with van der Waals surface area (Å²) in [6.07, 6.45) is 0. The molecule has 0 saturated heterocycles. The second kappa shape index (κ2) is 6.49. The van der Waals surface area contributed by atoms with Crippen LogP contribution in [0.4, 0.5) is 4.39 Å². The zero-order valence-electron chi connectivity index (χ0n) is 9.90. The fourth-order valence-electron chi connectivity index (χ4n) is 1.16. The Balaban J connectivity index is 2.49. The summed E-state index contributed by atoms with van der Waals surface area (Å²) in [6.45, 7) is 4.54. The fourth-order valence-corrected chi connectivity index (χ4v) is 2.10. The minimum atomic E-state index is -1.42. The highest BCUT2D eigenvalue weighted by Crippen LogP contribution is 2.07. The molecule has 0 heterocycles. The van der Waals surface area contributed by atoms with E-state index in [2.05, 4.69) is 5.32 Å². The third kappa shape index (κ3) is 5.08. The highest BCUT2D eigenvalue weighted by Gasteiger charge is 2.10. The van der Waals surface area contributed by atoms with E-state index in [1.54, 1.807) is 0 Å². The van der Waals surface area contributed by atoms with E-state index < -0.39 is 10.8 Å². The molecule has 0 fully saturated rings. The van der Waals surface area contributed by atoms with Crippen LogP contribution < -0.4 is 5.32 Å². The molecular weight excluding hydrogens is 241 g/mol. The number of carbonyl (C=O) groups is 1. The molecule has 0 saturated carbocycles. The third-order valence-corrected chi connectivity index (χ3v) is 3.37. The molecule has 1 aromatic rings. The Morgan fingerprint density at radius 1 is 1.35 bits per heavy atom. The summed E-state index contributed by atoms with van der Waals surface area (Å²) in [7, 11) is -1.42. The first-order valence-electron chi connectivity index (χ1n) is 5.39. The maximum Gasteiger partial charge on any atom is 0.233 e. The summed E-state index contributed by atoms with van der Waals surface area (Å²) in [5.74, 6) is -0.354. The number of hydrogen-bond acceptors (Lipinski definition) is 2. The summed E-state index contributed by atoms with van der Waals surface area (Å²) in [5, 5.41) is 2.69. The number of amides is 1. The van der Waals surface area contributed by atoms with Gasteiger partial charge in [-0.3, -0.25) is 9.00 Å². The van der Waals surface area contributed by atoms with Crippen LogP contribution in [-0.2, 0) is 15.6 Å². The molecule has 5 heteroatoms. The Labute approximate surface area is 103 Å². The van der Waals surface area contributed by atoms with Gasteiger partial charge in [0.1, 0.15) is 11.6 Å². The quantitative estimate of drug-likeness (QED) is 0.872. The molecule has 1 N–H and O–H groups in total. The van der Waals surface area contributed by atoms with Crippen molar-refractivity contribution in [2.45, 2.75) is 18.7 Å². The molecule has 17 heavy (non-hydrogen) atoms. The van der Waals surface area contributed by atoms with Crippen molar-refractivity contribution in [2.24, 2.45) is 5.92 Å². The Morgan fingerprint density at radius 3 is 2.47 bits per heavy atom. The average molecular weight is 257 g/mol. The maximum absolute atomic E-state index is 12.6. The van der Waals surface area contributed by atoms with E-state index in [0.29, 0.717) is 17.4 Å². The van der Waals surface area contributed by atoms with Crippen LogP contribution in [0, 0.1) is 11.7 Å². The van der Waals surface area contributed by atoms with E-state index in [1.807, 2.05) is 13.8 Å². The van der Waals surface area contributed by atoms with Crippen LogP contribution in [0.3, 0.4) is 0 Å². The van der Waals surface area contributed by atoms with Gasteiger partial charge in [-0.05, 0) is 30.2 Å². The Kier molecular flexibility index (Phi) is 5.28. The van der Waals surface area contributed by atoms with Crippen molar-refractivity contribution in [3.8, 4) is 0 Å². The van der Waals surface area contributed by atoms with Crippen molar-refractivity contribution in [2.75, 3.05) is 12.3 Å². The SMILES string of the molecule is CC(C)CNC(=O)CS(=O)c1ccc(F)cc1. The van der Waals surface area contributed by atoms with Gasteiger partial charge in [0.15, 0.2) is 0 Å². The van der Waals surface area contributed by atoms with Crippen LogP contribution in [0.25, 0.3) is 0 Å². The van der Waals surface area contributed by atoms with Crippen molar-refractivity contribution in [1.29, 1.82) is 0 Å². The summed E-state index contributed by atoms with van der Waals surface area (Å²) in [6, 6.07) is 5.33. The minimum Gasteiger partial charge on any atom is -0.355 e. The van der Waals surface area contributed by atoms with Gasteiger partial charge >= 0.3 is 0 Å². The van der Waals surface area contributed by atoms with Crippen LogP contribution >= 0.6 is 0 Å². The van der Waals surface area contributed by atoms with Crippen LogP contribution in [0.1, 0.15) is 13.8 Å². The monoisotopic (exact) mass is 257 g/mol. The molecule has 0 radical (unpaired) electrons. The first kappa shape index (κ1) is 13.8. The second-order valence-electron chi connectivity index (χ2n) is 4.14. The maximum atomic E-state index is 12.6. The zero-order chi connectivity index (χ0) is 12.8. The van der Waals surface area contributed by atoms with E-state index in [-0.39, 0.29) is 17.5 Å². The standard InChI is InChI=1S/C12H16FNO2S/c1-9(2)7-14-12(15)8-17(16)11-5-3-10(13)4-6-11/h3-6,9H,7-8H2,1-2H3,(H,14,15). The zero-order valence-corrected chi connectivity index (χ0v) is 10.7. The molecule has 0 aliphatic carbocycles. The Morgan fingerprint density at radius 2 is 1.94 bits per heavy atom. The van der Waals surface area contributed by atoms with Crippen LogP contribution in [0.5, 0.6) is 0 Å². The lowest BCUT2D eigenvalue weighted by Crippen LogP contribution is -2.31. The van der Waals surface area contributed by atoms with Crippen molar-refractivity contribution in [3.05, 3.63) is 30.1 Å². The molecule has 94 valence electrons. The second-order valence-corrected chi connectivity index (χ2v) is 5.59. The van der Waals surface area contributed by atoms with E-state index in [1.165, 1.54) is 24.3 Å². The number of hydrogen-bond donors (Lipinski definition) is 1. The molecule has 0 aliphatic rings. The van der Waals surface area contributed by atoms with Gasteiger partial charge in [0.25, 0.3) is 0 Å². The van der Waals surface area contributed by atoms with E-state index in [0.717, 1.165) is 0 Å². The van der Waals surface area contributed by atoms with Gasteiger partial charge in [-0.1, -0.05) is 13.8 Å². The highest BCUT2D eigenvalue weighted by atomic mass is 32.2. The molecular formula is C12H16FNO2S. The molecule has 1 unspecified atom stereocenters. The van der Waals surface area contributed by atoms with E-state index in [9.17, 15) is 13.4 Å². The Hall–Kier alpha value is -1.23. The van der Waals surface area contributed by atoms with Crippen molar-refractivity contribution in [3.63, 3.8) is 0 Å². The largest absolute Gasteiger partial charge is 0.355 e. The summed E-state index contributed by atoms with van der Waals surface area (Å²) < 4.78 is 24.4. The summed E-state index contributed by atoms with van der Waals surface area (Å²) in [4.78, 5) is 11.9. The number of nitrogens with one attached hydrogen (secondary N) is 1. The van der Waals surface area contributed by atoms with E-state index in [4.69, 9.17) is 0 Å². The fraction of sp³-hybridized carbons (Fsp3) is 0.417. The average Bonchev–Trinajstić information content (AvgIpc) is 2.27. The number of rotatable bonds is 5. The highest BCUT2D eigenvalue weighted by molar-refractivity contribution is 7.85. The first-order valence-corrected chi connectivity index (χ1v) is 6.71. The molecule has 1 amide bonds. The molecule has 3 nitrogen and oxygen atoms in total. The van der Waals surface area contributed by atoms with Gasteiger partial charge in [0.05, 0.1) is 10.8 Å². The van der Waals surface area contributed by atoms with Crippen LogP contribution in [0.15, 0.2) is 29.2 Å². The van der Waals surface area contributed by atoms with Crippen LogP contribution in [-0.4, -0.2) is 22.4 Å². The molecule has 0 aliphatic heterocycles. The molecule has 0 spiro atoms. The molecule has 1 atom stereocenters. The van der Waals surface area contributed by atoms with Gasteiger partial charge in [-0.2, -0.15) is 0 Å². The summed E-state index contributed by atoms with van der Waals surface area (Å²) >= 11 is 0. The van der Waals surface area contributed by atoms with E-state index >= 15 is 0 Å². The minimum absolute atomic E-state index is 0.0850. The first-order chi connectivity index (χ1) is 7.99. The molecule has 1 rings (SSSR count). The predicted octanol–water partition coefficient (Wildman–Crippen LogP) is 1.71. The van der Waals surface area contributed by atoms with Crippen molar-refractivity contribution < 1.29 is 13.4 Å². The number of halogens is 1. The number of benzene rings is 1. The van der Waals surface area contributed by atoms with Gasteiger partial charge < -0.3 is 5.32 Å². The normalized spacial score (nSPS) is 12.5. The lowest BCUT2D eigenvalue weighted by molar-refractivity contribution is -0.118. The lowest BCUT2D eigenvalue weighted by Gasteiger charge is -2.07. The lowest BCUT2D eigenvalue weighted by atomic mass is 10.2. The van der Waals surface area contributed by atoms with Gasteiger partial charge in [-0.25, -0.2) is 4.39 Å². The van der Waals surface area contributed by atoms with Crippen molar-refractivity contribution in [1.82, 2.24) is 5.32 Å². The molecule has 1 aromatic carbocycles. The molecule has 0 aromatic heterocycles. The third-order valence-electron chi connectivity index (χ3n) is 2.05.